The number of ether oxygens (including phenoxy) is 1. The third kappa shape index (κ3) is 3.14. The van der Waals surface area contributed by atoms with Crippen molar-refractivity contribution in [2.45, 2.75) is 38.0 Å². The monoisotopic (exact) mass is 378 g/mol. The molecule has 28 heavy (non-hydrogen) atoms. The Balaban J connectivity index is 2.14. The van der Waals surface area contributed by atoms with Gasteiger partial charge in [0.25, 0.3) is 5.91 Å². The molecule has 1 heterocycles. The van der Waals surface area contributed by atoms with Gasteiger partial charge in [-0.15, -0.1) is 0 Å². The fourth-order valence-electron chi connectivity index (χ4n) is 3.74. The van der Waals surface area contributed by atoms with E-state index in [0.717, 1.165) is 10.5 Å². The largest absolute Gasteiger partial charge is 0.463 e. The second-order valence-electron chi connectivity index (χ2n) is 6.82. The molecule has 1 amide bonds. The number of amides is 1. The maximum absolute atomic E-state index is 13.2. The molecule has 1 fully saturated rings. The molecular formula is C22H22N2O4. The molecule has 2 aromatic rings. The highest BCUT2D eigenvalue weighted by molar-refractivity contribution is 6.00. The molecule has 3 rings (SSSR count). The summed E-state index contributed by atoms with van der Waals surface area (Å²) in [5.74, 6) is -2.12. The molecule has 0 aromatic heterocycles. The number of rotatable bonds is 4. The molecule has 1 aliphatic heterocycles. The van der Waals surface area contributed by atoms with Crippen molar-refractivity contribution >= 4 is 11.9 Å². The normalized spacial score (nSPS) is 23.9. The van der Waals surface area contributed by atoms with Gasteiger partial charge in [0, 0.05) is 17.9 Å². The van der Waals surface area contributed by atoms with Crippen LogP contribution in [0.5, 0.6) is 0 Å². The van der Waals surface area contributed by atoms with Crippen molar-refractivity contribution in [3.05, 3.63) is 71.3 Å². The Bertz CT molecular complexity index is 904. The van der Waals surface area contributed by atoms with E-state index < -0.39 is 29.6 Å². The summed E-state index contributed by atoms with van der Waals surface area (Å²) in [4.78, 5) is 27.1. The van der Waals surface area contributed by atoms with Crippen LogP contribution in [0.2, 0.25) is 0 Å². The van der Waals surface area contributed by atoms with E-state index in [1.807, 2.05) is 37.3 Å². The minimum Gasteiger partial charge on any atom is -0.463 e. The zero-order valence-corrected chi connectivity index (χ0v) is 15.8. The number of nitrogens with zero attached hydrogens (tertiary/aromatic N) is 2. The van der Waals surface area contributed by atoms with Gasteiger partial charge in [-0.25, -0.2) is 4.79 Å². The molecule has 6 nitrogen and oxygen atoms in total. The molecule has 2 aromatic carbocycles. The molecule has 0 aliphatic carbocycles. The number of carbonyl (C=O) groups excluding carboxylic acids is 2. The van der Waals surface area contributed by atoms with E-state index in [1.165, 1.54) is 0 Å². The van der Waals surface area contributed by atoms with Gasteiger partial charge in [0.2, 0.25) is 5.54 Å². The summed E-state index contributed by atoms with van der Waals surface area (Å²) < 4.78 is 5.19. The number of aliphatic hydroxyl groups excluding tert-OH is 1. The Kier molecular flexibility index (Phi) is 5.48. The molecule has 1 N–H and O–H groups in total. The first-order chi connectivity index (χ1) is 13.5. The van der Waals surface area contributed by atoms with Gasteiger partial charge >= 0.3 is 5.97 Å². The molecular weight excluding hydrogens is 356 g/mol. The van der Waals surface area contributed by atoms with Crippen molar-refractivity contribution in [3.8, 4) is 6.07 Å². The van der Waals surface area contributed by atoms with Gasteiger partial charge in [-0.2, -0.15) is 5.26 Å². The zero-order chi connectivity index (χ0) is 20.3. The number of carbonyl (C=O) groups is 2. The molecule has 0 spiro atoms. The van der Waals surface area contributed by atoms with Gasteiger partial charge in [0.05, 0.1) is 6.61 Å². The van der Waals surface area contributed by atoms with Crippen molar-refractivity contribution in [2.75, 3.05) is 6.61 Å². The predicted octanol–water partition coefficient (Wildman–Crippen LogP) is 2.77. The van der Waals surface area contributed by atoms with Crippen molar-refractivity contribution in [1.29, 1.82) is 5.26 Å². The summed E-state index contributed by atoms with van der Waals surface area (Å²) in [6.45, 7) is 3.63. The van der Waals surface area contributed by atoms with Crippen LogP contribution in [0.4, 0.5) is 0 Å². The van der Waals surface area contributed by atoms with Crippen LogP contribution in [-0.4, -0.2) is 40.3 Å². The van der Waals surface area contributed by atoms with Crippen molar-refractivity contribution in [2.24, 2.45) is 0 Å². The fraction of sp³-hybridized carbons (Fsp3) is 0.318. The van der Waals surface area contributed by atoms with Crippen molar-refractivity contribution in [3.63, 3.8) is 0 Å². The first-order valence-electron chi connectivity index (χ1n) is 9.17. The van der Waals surface area contributed by atoms with Gasteiger partial charge < -0.3 is 9.84 Å². The molecule has 0 saturated carbocycles. The number of benzene rings is 2. The van der Waals surface area contributed by atoms with Gasteiger partial charge in [-0.1, -0.05) is 48.0 Å². The topological polar surface area (TPSA) is 90.6 Å². The summed E-state index contributed by atoms with van der Waals surface area (Å²) in [7, 11) is 0. The number of likely N-dealkylation sites (tertiary alicyclic amines) is 1. The number of aliphatic hydroxyl groups is 1. The highest BCUT2D eigenvalue weighted by Crippen LogP contribution is 2.46. The maximum Gasteiger partial charge on any atom is 0.347 e. The van der Waals surface area contributed by atoms with E-state index in [0.29, 0.717) is 5.56 Å². The van der Waals surface area contributed by atoms with Crippen LogP contribution in [-0.2, 0) is 9.53 Å². The number of nitriles is 1. The standard InChI is InChI=1S/C22H22N2O4/c1-3-28-21(27)22(14-23)18(16-11-9-15(2)10-12-16)13-19(25)24(22)20(26)17-7-5-4-6-8-17/h4-12,18-19,25H,3,13H2,1-2H3/t18-,19+,22+/m0/s1. The van der Waals surface area contributed by atoms with Gasteiger partial charge in [-0.3, -0.25) is 9.69 Å². The van der Waals surface area contributed by atoms with E-state index >= 15 is 0 Å². The third-order valence-corrected chi connectivity index (χ3v) is 5.11. The Labute approximate surface area is 164 Å². The van der Waals surface area contributed by atoms with Crippen LogP contribution >= 0.6 is 0 Å². The summed E-state index contributed by atoms with van der Waals surface area (Å²) in [5, 5.41) is 20.9. The quantitative estimate of drug-likeness (QED) is 0.826. The summed E-state index contributed by atoms with van der Waals surface area (Å²) in [5.41, 5.74) is 0.0632. The summed E-state index contributed by atoms with van der Waals surface area (Å²) in [6, 6.07) is 17.7. The van der Waals surface area contributed by atoms with Crippen LogP contribution in [0, 0.1) is 18.3 Å². The second kappa shape index (κ2) is 7.83. The first-order valence-corrected chi connectivity index (χ1v) is 9.17. The Morgan fingerprint density at radius 3 is 2.43 bits per heavy atom. The van der Waals surface area contributed by atoms with Gasteiger partial charge in [0.15, 0.2) is 0 Å². The molecule has 6 heteroatoms. The minimum atomic E-state index is -1.95. The molecule has 1 saturated heterocycles. The highest BCUT2D eigenvalue weighted by Gasteiger charge is 2.62. The van der Waals surface area contributed by atoms with E-state index in [2.05, 4.69) is 0 Å². The van der Waals surface area contributed by atoms with Crippen LogP contribution in [0.15, 0.2) is 54.6 Å². The smallest absolute Gasteiger partial charge is 0.347 e. The first kappa shape index (κ1) is 19.6. The van der Waals surface area contributed by atoms with Crippen molar-refractivity contribution < 1.29 is 19.4 Å². The minimum absolute atomic E-state index is 0.0618. The number of hydrogen-bond acceptors (Lipinski definition) is 5. The van der Waals surface area contributed by atoms with Crippen LogP contribution in [0.3, 0.4) is 0 Å². The number of esters is 1. The summed E-state index contributed by atoms with van der Waals surface area (Å²) >= 11 is 0. The molecule has 0 radical (unpaired) electrons. The lowest BCUT2D eigenvalue weighted by atomic mass is 9.80. The van der Waals surface area contributed by atoms with Crippen molar-refractivity contribution in [1.82, 2.24) is 4.90 Å². The van der Waals surface area contributed by atoms with E-state index in [1.54, 1.807) is 37.3 Å². The maximum atomic E-state index is 13.2. The number of hydrogen-bond donors (Lipinski definition) is 1. The Morgan fingerprint density at radius 2 is 1.86 bits per heavy atom. The molecule has 0 unspecified atom stereocenters. The highest BCUT2D eigenvalue weighted by atomic mass is 16.5. The molecule has 144 valence electrons. The van der Waals surface area contributed by atoms with E-state index in [9.17, 15) is 20.0 Å². The fourth-order valence-corrected chi connectivity index (χ4v) is 3.74. The lowest BCUT2D eigenvalue weighted by molar-refractivity contribution is -0.154. The Morgan fingerprint density at radius 1 is 1.21 bits per heavy atom. The molecule has 3 atom stereocenters. The van der Waals surface area contributed by atoms with E-state index in [-0.39, 0.29) is 18.6 Å². The SMILES string of the molecule is CCOC(=O)[C@@]1(C#N)[C@H](c2ccc(C)cc2)C[C@@H](O)N1C(=O)c1ccccc1. The predicted molar refractivity (Wildman–Crippen MR) is 102 cm³/mol. The van der Waals surface area contributed by atoms with Gasteiger partial charge in [-0.05, 0) is 31.5 Å². The lowest BCUT2D eigenvalue weighted by Crippen LogP contribution is -2.57. The van der Waals surface area contributed by atoms with Crippen LogP contribution in [0.25, 0.3) is 0 Å². The second-order valence-corrected chi connectivity index (χ2v) is 6.82. The summed E-state index contributed by atoms with van der Waals surface area (Å²) in [6.07, 6.45) is -1.23. The molecule has 1 aliphatic rings. The van der Waals surface area contributed by atoms with Gasteiger partial charge in [0.1, 0.15) is 12.3 Å². The lowest BCUT2D eigenvalue weighted by Gasteiger charge is -2.35. The number of aryl methyl sites for hydroxylation is 1. The average molecular weight is 378 g/mol. The van der Waals surface area contributed by atoms with Crippen LogP contribution < -0.4 is 0 Å². The van der Waals surface area contributed by atoms with E-state index in [4.69, 9.17) is 4.74 Å². The third-order valence-electron chi connectivity index (χ3n) is 5.11. The van der Waals surface area contributed by atoms with Crippen LogP contribution in [0.1, 0.15) is 40.7 Å². The zero-order valence-electron chi connectivity index (χ0n) is 15.8. The average Bonchev–Trinajstić information content (AvgIpc) is 3.02. The molecule has 0 bridgehead atoms. The Hall–Kier alpha value is -3.17.